The van der Waals surface area contributed by atoms with Crippen LogP contribution in [0.1, 0.15) is 44.1 Å². The summed E-state index contributed by atoms with van der Waals surface area (Å²) in [5.41, 5.74) is 1.32. The molecule has 0 unspecified atom stereocenters. The van der Waals surface area contributed by atoms with Gasteiger partial charge in [-0.2, -0.15) is 0 Å². The highest BCUT2D eigenvalue weighted by molar-refractivity contribution is 5.87. The molecule has 4 saturated carbocycles. The topological polar surface area (TPSA) is 38.8 Å². The lowest BCUT2D eigenvalue weighted by Gasteiger charge is -2.57. The molecule has 5 aliphatic rings. The lowest BCUT2D eigenvalue weighted by atomic mass is 9.48. The number of hydrogen-bond acceptors (Lipinski definition) is 3. The smallest absolute Gasteiger partial charge is 0.249 e. The fourth-order valence-corrected chi connectivity index (χ4v) is 6.45. The fourth-order valence-electron chi connectivity index (χ4n) is 6.45. The van der Waals surface area contributed by atoms with Gasteiger partial charge in [-0.3, -0.25) is 4.79 Å². The van der Waals surface area contributed by atoms with E-state index in [0.29, 0.717) is 26.3 Å². The average molecular weight is 385 g/mol. The molecule has 28 heavy (non-hydrogen) atoms. The SMILES string of the molecule is O=C(/C=C/Oc1ccc(C23CC4CC(CC(C4)C2)C3)cc1F)N1CCOCC1. The summed E-state index contributed by atoms with van der Waals surface area (Å²) in [7, 11) is 0. The highest BCUT2D eigenvalue weighted by Crippen LogP contribution is 2.60. The Balaban J connectivity index is 1.27. The second-order valence-corrected chi connectivity index (χ2v) is 9.20. The molecule has 0 radical (unpaired) electrons. The molecule has 1 aromatic rings. The van der Waals surface area contributed by atoms with Gasteiger partial charge in [0.2, 0.25) is 5.91 Å². The Morgan fingerprint density at radius 1 is 1.11 bits per heavy atom. The number of morpholine rings is 1. The zero-order chi connectivity index (χ0) is 19.1. The van der Waals surface area contributed by atoms with Gasteiger partial charge in [-0.1, -0.05) is 6.07 Å². The minimum absolute atomic E-state index is 0.131. The van der Waals surface area contributed by atoms with Crippen molar-refractivity contribution in [2.45, 2.75) is 43.9 Å². The fraction of sp³-hybridized carbons (Fsp3) is 0.609. The summed E-state index contributed by atoms with van der Waals surface area (Å²) in [6.07, 6.45) is 10.4. The van der Waals surface area contributed by atoms with E-state index in [1.54, 1.807) is 17.0 Å². The maximum absolute atomic E-state index is 14.7. The summed E-state index contributed by atoms with van der Waals surface area (Å²) in [5, 5.41) is 0. The van der Waals surface area contributed by atoms with E-state index in [4.69, 9.17) is 9.47 Å². The van der Waals surface area contributed by atoms with E-state index in [0.717, 1.165) is 23.3 Å². The quantitative estimate of drug-likeness (QED) is 0.580. The Bertz CT molecular complexity index is 749. The molecule has 0 N–H and O–H groups in total. The summed E-state index contributed by atoms with van der Waals surface area (Å²) in [5.74, 6) is 2.21. The number of nitrogens with zero attached hydrogens (tertiary/aromatic N) is 1. The number of ether oxygens (including phenoxy) is 2. The van der Waals surface area contributed by atoms with E-state index in [1.807, 2.05) is 6.07 Å². The van der Waals surface area contributed by atoms with Gasteiger partial charge >= 0.3 is 0 Å². The molecule has 150 valence electrons. The van der Waals surface area contributed by atoms with Crippen LogP contribution in [0.3, 0.4) is 0 Å². The molecule has 1 aromatic carbocycles. The van der Waals surface area contributed by atoms with Gasteiger partial charge in [0.15, 0.2) is 11.6 Å². The van der Waals surface area contributed by atoms with Crippen LogP contribution in [-0.2, 0) is 14.9 Å². The number of amides is 1. The van der Waals surface area contributed by atoms with Crippen LogP contribution in [0.25, 0.3) is 0 Å². The highest BCUT2D eigenvalue weighted by atomic mass is 19.1. The van der Waals surface area contributed by atoms with Crippen LogP contribution in [0.15, 0.2) is 30.5 Å². The summed E-state index contributed by atoms with van der Waals surface area (Å²) < 4.78 is 25.4. The lowest BCUT2D eigenvalue weighted by molar-refractivity contribution is -0.130. The average Bonchev–Trinajstić information content (AvgIpc) is 2.68. The lowest BCUT2D eigenvalue weighted by Crippen LogP contribution is -2.48. The molecule has 1 aliphatic heterocycles. The van der Waals surface area contributed by atoms with E-state index in [2.05, 4.69) is 0 Å². The van der Waals surface area contributed by atoms with E-state index in [9.17, 15) is 9.18 Å². The van der Waals surface area contributed by atoms with Crippen LogP contribution in [0, 0.1) is 23.6 Å². The van der Waals surface area contributed by atoms with Gasteiger partial charge in [-0.15, -0.1) is 0 Å². The third-order valence-corrected chi connectivity index (χ3v) is 7.31. The monoisotopic (exact) mass is 385 g/mol. The predicted octanol–water partition coefficient (Wildman–Crippen LogP) is 4.04. The summed E-state index contributed by atoms with van der Waals surface area (Å²) in [4.78, 5) is 13.8. The molecular weight excluding hydrogens is 357 g/mol. The van der Waals surface area contributed by atoms with Crippen molar-refractivity contribution in [2.75, 3.05) is 26.3 Å². The Labute approximate surface area is 165 Å². The zero-order valence-corrected chi connectivity index (χ0v) is 16.2. The van der Waals surface area contributed by atoms with Gasteiger partial charge < -0.3 is 14.4 Å². The number of halogens is 1. The summed E-state index contributed by atoms with van der Waals surface area (Å²) >= 11 is 0. The van der Waals surface area contributed by atoms with Gasteiger partial charge in [-0.05, 0) is 79.4 Å². The van der Waals surface area contributed by atoms with Crippen molar-refractivity contribution >= 4 is 5.91 Å². The molecule has 1 heterocycles. The Hall–Kier alpha value is -1.88. The first kappa shape index (κ1) is 18.2. The third-order valence-electron chi connectivity index (χ3n) is 7.31. The van der Waals surface area contributed by atoms with E-state index < -0.39 is 0 Å². The van der Waals surface area contributed by atoms with Gasteiger partial charge in [0.05, 0.1) is 19.5 Å². The van der Waals surface area contributed by atoms with Crippen LogP contribution in [0.4, 0.5) is 4.39 Å². The van der Waals surface area contributed by atoms with Crippen molar-refractivity contribution in [1.82, 2.24) is 4.90 Å². The molecule has 1 amide bonds. The number of benzene rings is 1. The number of hydrogen-bond donors (Lipinski definition) is 0. The molecule has 5 heteroatoms. The third kappa shape index (κ3) is 3.34. The molecule has 0 atom stereocenters. The molecule has 6 rings (SSSR count). The normalized spacial score (nSPS) is 34.2. The maximum Gasteiger partial charge on any atom is 0.249 e. The van der Waals surface area contributed by atoms with Crippen molar-refractivity contribution in [2.24, 2.45) is 17.8 Å². The van der Waals surface area contributed by atoms with Crippen molar-refractivity contribution < 1.29 is 18.7 Å². The van der Waals surface area contributed by atoms with Crippen molar-refractivity contribution in [1.29, 1.82) is 0 Å². The number of carbonyl (C=O) groups excluding carboxylic acids is 1. The second-order valence-electron chi connectivity index (χ2n) is 9.20. The first-order valence-corrected chi connectivity index (χ1v) is 10.6. The van der Waals surface area contributed by atoms with Gasteiger partial charge in [-0.25, -0.2) is 4.39 Å². The minimum atomic E-state index is -0.336. The van der Waals surface area contributed by atoms with Crippen molar-refractivity contribution in [3.63, 3.8) is 0 Å². The molecular formula is C23H28FNO3. The van der Waals surface area contributed by atoms with E-state index in [1.165, 1.54) is 50.9 Å². The van der Waals surface area contributed by atoms with Gasteiger partial charge in [0, 0.05) is 19.2 Å². The molecule has 0 spiro atoms. The van der Waals surface area contributed by atoms with Crippen LogP contribution in [-0.4, -0.2) is 37.1 Å². The predicted molar refractivity (Wildman–Crippen MR) is 103 cm³/mol. The summed E-state index contributed by atoms with van der Waals surface area (Å²) in [6, 6.07) is 5.45. The first-order chi connectivity index (χ1) is 13.6. The highest BCUT2D eigenvalue weighted by Gasteiger charge is 2.51. The van der Waals surface area contributed by atoms with Crippen LogP contribution in [0.5, 0.6) is 5.75 Å². The molecule has 0 aromatic heterocycles. The molecule has 4 aliphatic carbocycles. The number of rotatable bonds is 4. The van der Waals surface area contributed by atoms with Gasteiger partial charge in [0.1, 0.15) is 0 Å². The van der Waals surface area contributed by atoms with E-state index >= 15 is 0 Å². The first-order valence-electron chi connectivity index (χ1n) is 10.6. The zero-order valence-electron chi connectivity index (χ0n) is 16.2. The summed E-state index contributed by atoms with van der Waals surface area (Å²) in [6.45, 7) is 2.27. The molecule has 4 bridgehead atoms. The number of carbonyl (C=O) groups is 1. The van der Waals surface area contributed by atoms with Gasteiger partial charge in [0.25, 0.3) is 0 Å². The largest absolute Gasteiger partial charge is 0.462 e. The maximum atomic E-state index is 14.7. The Kier molecular flexibility index (Phi) is 4.66. The van der Waals surface area contributed by atoms with Crippen molar-refractivity contribution in [3.8, 4) is 5.75 Å². The van der Waals surface area contributed by atoms with Crippen LogP contribution >= 0.6 is 0 Å². The Morgan fingerprint density at radius 3 is 2.36 bits per heavy atom. The van der Waals surface area contributed by atoms with Crippen molar-refractivity contribution in [3.05, 3.63) is 41.9 Å². The standard InChI is InChI=1S/C23H28FNO3/c24-20-12-19(23-13-16-9-17(14-23)11-18(10-16)15-23)1-2-21(20)28-6-3-22(26)25-4-7-27-8-5-25/h1-3,6,12,16-18H,4-5,7-11,13-15H2/b6-3+. The second kappa shape index (κ2) is 7.18. The Morgan fingerprint density at radius 2 is 1.75 bits per heavy atom. The molecule has 1 saturated heterocycles. The van der Waals surface area contributed by atoms with Crippen LogP contribution in [0.2, 0.25) is 0 Å². The molecule has 5 fully saturated rings. The minimum Gasteiger partial charge on any atom is -0.462 e. The molecule has 4 nitrogen and oxygen atoms in total. The van der Waals surface area contributed by atoms with E-state index in [-0.39, 0.29) is 22.9 Å². The van der Waals surface area contributed by atoms with Crippen LogP contribution < -0.4 is 4.74 Å².